The van der Waals surface area contributed by atoms with E-state index in [-0.39, 0.29) is 30.7 Å². The first-order valence-corrected chi connectivity index (χ1v) is 5.70. The molecule has 4 heteroatoms. The summed E-state index contributed by atoms with van der Waals surface area (Å²) in [6.45, 7) is 1.27. The maximum atomic E-state index is 13.3. The van der Waals surface area contributed by atoms with E-state index in [0.717, 1.165) is 6.42 Å². The quantitative estimate of drug-likeness (QED) is 0.784. The molecule has 2 rings (SSSR count). The number of carbonyl (C=O) groups is 1. The van der Waals surface area contributed by atoms with Crippen molar-refractivity contribution in [2.45, 2.75) is 18.9 Å². The van der Waals surface area contributed by atoms with Gasteiger partial charge in [-0.15, -0.1) is 0 Å². The Hall–Kier alpha value is -1.26. The molecule has 0 bridgehead atoms. The van der Waals surface area contributed by atoms with Crippen LogP contribution in [0.15, 0.2) is 24.3 Å². The van der Waals surface area contributed by atoms with Gasteiger partial charge in [0.25, 0.3) is 0 Å². The number of hydrogen-bond acceptors (Lipinski definition) is 3. The van der Waals surface area contributed by atoms with Gasteiger partial charge in [-0.3, -0.25) is 4.79 Å². The highest BCUT2D eigenvalue weighted by molar-refractivity contribution is 5.82. The molecule has 1 aliphatic rings. The molecule has 1 saturated heterocycles. The number of rotatable bonds is 5. The number of benzene rings is 1. The van der Waals surface area contributed by atoms with Crippen molar-refractivity contribution in [3.63, 3.8) is 0 Å². The molecule has 0 aromatic heterocycles. The second-order valence-corrected chi connectivity index (χ2v) is 4.10. The van der Waals surface area contributed by atoms with Crippen LogP contribution in [0, 0.1) is 5.82 Å². The van der Waals surface area contributed by atoms with E-state index in [2.05, 4.69) is 0 Å². The Labute approximate surface area is 99.5 Å². The first-order chi connectivity index (χ1) is 8.25. The number of carbonyl (C=O) groups excluding carboxylic acids is 1. The van der Waals surface area contributed by atoms with Crippen molar-refractivity contribution in [1.82, 2.24) is 0 Å². The molecule has 0 N–H and O–H groups in total. The third-order valence-corrected chi connectivity index (χ3v) is 2.71. The summed E-state index contributed by atoms with van der Waals surface area (Å²) in [4.78, 5) is 11.6. The predicted octanol–water partition coefficient (Wildman–Crippen LogP) is 1.74. The van der Waals surface area contributed by atoms with E-state index in [1.165, 1.54) is 6.07 Å². The summed E-state index contributed by atoms with van der Waals surface area (Å²) >= 11 is 0. The van der Waals surface area contributed by atoms with Crippen molar-refractivity contribution in [2.24, 2.45) is 0 Å². The molecule has 92 valence electrons. The van der Waals surface area contributed by atoms with Crippen LogP contribution >= 0.6 is 0 Å². The highest BCUT2D eigenvalue weighted by atomic mass is 19.1. The average molecular weight is 238 g/mol. The van der Waals surface area contributed by atoms with Gasteiger partial charge in [0.1, 0.15) is 12.4 Å². The van der Waals surface area contributed by atoms with E-state index in [9.17, 15) is 9.18 Å². The van der Waals surface area contributed by atoms with Gasteiger partial charge in [0.2, 0.25) is 0 Å². The SMILES string of the molecule is O=C(COC1CCOC1)Cc1ccccc1F. The molecular weight excluding hydrogens is 223 g/mol. The summed E-state index contributed by atoms with van der Waals surface area (Å²) in [5.41, 5.74) is 0.420. The molecule has 17 heavy (non-hydrogen) atoms. The van der Waals surface area contributed by atoms with Crippen LogP contribution in [0.5, 0.6) is 0 Å². The summed E-state index contributed by atoms with van der Waals surface area (Å²) in [5.74, 6) is -0.452. The third-order valence-electron chi connectivity index (χ3n) is 2.71. The van der Waals surface area contributed by atoms with Crippen molar-refractivity contribution in [3.05, 3.63) is 35.6 Å². The summed E-state index contributed by atoms with van der Waals surface area (Å²) in [6, 6.07) is 6.30. The van der Waals surface area contributed by atoms with Crippen molar-refractivity contribution in [3.8, 4) is 0 Å². The largest absolute Gasteiger partial charge is 0.379 e. The van der Waals surface area contributed by atoms with Gasteiger partial charge in [-0.2, -0.15) is 0 Å². The molecule has 0 radical (unpaired) electrons. The zero-order valence-electron chi connectivity index (χ0n) is 9.52. The van der Waals surface area contributed by atoms with E-state index in [1.807, 2.05) is 0 Å². The van der Waals surface area contributed by atoms with Gasteiger partial charge in [-0.1, -0.05) is 18.2 Å². The maximum absolute atomic E-state index is 13.3. The number of ketones is 1. The molecule has 1 fully saturated rings. The minimum atomic E-state index is -0.343. The van der Waals surface area contributed by atoms with Gasteiger partial charge in [0.15, 0.2) is 5.78 Å². The number of halogens is 1. The molecule has 0 saturated carbocycles. The molecular formula is C13H15FO3. The normalized spacial score (nSPS) is 19.5. The molecule has 1 aromatic carbocycles. The fraction of sp³-hybridized carbons (Fsp3) is 0.462. The Kier molecular flexibility index (Phi) is 4.23. The van der Waals surface area contributed by atoms with E-state index >= 15 is 0 Å². The predicted molar refractivity (Wildman–Crippen MR) is 60.3 cm³/mol. The zero-order chi connectivity index (χ0) is 12.1. The van der Waals surface area contributed by atoms with E-state index < -0.39 is 0 Å². The van der Waals surface area contributed by atoms with Gasteiger partial charge in [-0.05, 0) is 18.1 Å². The van der Waals surface area contributed by atoms with Crippen LogP contribution in [-0.2, 0) is 20.7 Å². The molecule has 1 atom stereocenters. The lowest BCUT2D eigenvalue weighted by Gasteiger charge is -2.09. The Balaban J connectivity index is 1.79. The lowest BCUT2D eigenvalue weighted by Crippen LogP contribution is -2.19. The highest BCUT2D eigenvalue weighted by Crippen LogP contribution is 2.10. The molecule has 0 spiro atoms. The van der Waals surface area contributed by atoms with Crippen LogP contribution in [-0.4, -0.2) is 31.7 Å². The van der Waals surface area contributed by atoms with Gasteiger partial charge in [-0.25, -0.2) is 4.39 Å². The standard InChI is InChI=1S/C13H15FO3/c14-13-4-2-1-3-10(13)7-11(15)8-17-12-5-6-16-9-12/h1-4,12H,5-9H2. The highest BCUT2D eigenvalue weighted by Gasteiger charge is 2.17. The molecule has 1 aromatic rings. The second-order valence-electron chi connectivity index (χ2n) is 4.10. The molecule has 3 nitrogen and oxygen atoms in total. The van der Waals surface area contributed by atoms with Crippen LogP contribution in [0.1, 0.15) is 12.0 Å². The Morgan fingerprint density at radius 2 is 2.29 bits per heavy atom. The lowest BCUT2D eigenvalue weighted by atomic mass is 10.1. The first kappa shape index (κ1) is 12.2. The topological polar surface area (TPSA) is 35.5 Å². The summed E-state index contributed by atoms with van der Waals surface area (Å²) in [7, 11) is 0. The van der Waals surface area contributed by atoms with Gasteiger partial charge in [0.05, 0.1) is 12.7 Å². The van der Waals surface area contributed by atoms with Crippen LogP contribution < -0.4 is 0 Å². The fourth-order valence-electron chi connectivity index (χ4n) is 1.76. The smallest absolute Gasteiger partial charge is 0.162 e. The maximum Gasteiger partial charge on any atom is 0.162 e. The number of ether oxygens (including phenoxy) is 2. The van der Waals surface area contributed by atoms with E-state index in [0.29, 0.717) is 18.8 Å². The van der Waals surface area contributed by atoms with Gasteiger partial charge >= 0.3 is 0 Å². The zero-order valence-corrected chi connectivity index (χ0v) is 9.52. The Morgan fingerprint density at radius 1 is 1.47 bits per heavy atom. The van der Waals surface area contributed by atoms with Crippen LogP contribution in [0.25, 0.3) is 0 Å². The van der Waals surface area contributed by atoms with E-state index in [4.69, 9.17) is 9.47 Å². The van der Waals surface area contributed by atoms with Crippen molar-refractivity contribution >= 4 is 5.78 Å². The number of hydrogen-bond donors (Lipinski definition) is 0. The van der Waals surface area contributed by atoms with Gasteiger partial charge < -0.3 is 9.47 Å². The summed E-state index contributed by atoms with van der Waals surface area (Å²) in [5, 5.41) is 0. The monoisotopic (exact) mass is 238 g/mol. The molecule has 1 unspecified atom stereocenters. The third kappa shape index (κ3) is 3.61. The number of Topliss-reactive ketones (excluding diaryl/α,β-unsaturated/α-hetero) is 1. The molecule has 1 aliphatic heterocycles. The first-order valence-electron chi connectivity index (χ1n) is 5.70. The molecule has 1 heterocycles. The van der Waals surface area contributed by atoms with Crippen molar-refractivity contribution in [1.29, 1.82) is 0 Å². The van der Waals surface area contributed by atoms with Crippen LogP contribution in [0.3, 0.4) is 0 Å². The Morgan fingerprint density at radius 3 is 3.00 bits per heavy atom. The van der Waals surface area contributed by atoms with Crippen LogP contribution in [0.4, 0.5) is 4.39 Å². The fourth-order valence-corrected chi connectivity index (χ4v) is 1.76. The minimum absolute atomic E-state index is 0.0135. The van der Waals surface area contributed by atoms with Gasteiger partial charge in [0, 0.05) is 13.0 Å². The summed E-state index contributed by atoms with van der Waals surface area (Å²) < 4.78 is 23.8. The van der Waals surface area contributed by atoms with Crippen molar-refractivity contribution < 1.29 is 18.7 Å². The van der Waals surface area contributed by atoms with E-state index in [1.54, 1.807) is 18.2 Å². The van der Waals surface area contributed by atoms with Crippen molar-refractivity contribution in [2.75, 3.05) is 19.8 Å². The summed E-state index contributed by atoms with van der Waals surface area (Å²) in [6.07, 6.45) is 0.923. The second kappa shape index (κ2) is 5.89. The minimum Gasteiger partial charge on any atom is -0.379 e. The molecule has 0 aliphatic carbocycles. The lowest BCUT2D eigenvalue weighted by molar-refractivity contribution is -0.124. The molecule has 0 amide bonds. The Bertz CT molecular complexity index is 386. The average Bonchev–Trinajstić information content (AvgIpc) is 2.82. The van der Waals surface area contributed by atoms with Crippen LogP contribution in [0.2, 0.25) is 0 Å².